The van der Waals surface area contributed by atoms with Gasteiger partial charge in [0, 0.05) is 17.4 Å². The lowest BCUT2D eigenvalue weighted by molar-refractivity contribution is 0.626. The Morgan fingerprint density at radius 2 is 1.81 bits per heavy atom. The van der Waals surface area contributed by atoms with Crippen molar-refractivity contribution >= 4 is 27.3 Å². The van der Waals surface area contributed by atoms with Gasteiger partial charge >= 0.3 is 0 Å². The largest absolute Gasteiger partial charge is 0.453 e. The zero-order chi connectivity index (χ0) is 17.7. The van der Waals surface area contributed by atoms with Crippen LogP contribution in [0.4, 0.5) is 0 Å². The summed E-state index contributed by atoms with van der Waals surface area (Å²) in [5.74, 6) is 1.65. The molecule has 26 heavy (non-hydrogen) atoms. The third-order valence-corrected chi connectivity index (χ3v) is 5.60. The lowest BCUT2D eigenvalue weighted by Gasteiger charge is -2.02. The maximum Gasteiger partial charge on any atom is 0.235 e. The van der Waals surface area contributed by atoms with E-state index in [0.29, 0.717) is 6.42 Å². The highest BCUT2D eigenvalue weighted by Gasteiger charge is 2.19. The number of rotatable bonds is 3. The third kappa shape index (κ3) is 2.34. The van der Waals surface area contributed by atoms with Crippen LogP contribution in [-0.4, -0.2) is 19.8 Å². The zero-order valence-electron chi connectivity index (χ0n) is 14.4. The third-order valence-electron chi connectivity index (χ3n) is 4.70. The molecule has 2 aromatic carbocycles. The lowest BCUT2D eigenvalue weighted by atomic mass is 10.1. The summed E-state index contributed by atoms with van der Waals surface area (Å²) in [5.41, 5.74) is 4.46. The molecule has 0 saturated carbocycles. The Bertz CT molecular complexity index is 1250. The average molecular weight is 360 g/mol. The standard InChI is InChI=1S/C20H16N4OS/c1-12-7-3-4-8-14(12)11-17-21-22-20-24(17)23-19(26-20)18-13(2)15-9-5-6-10-16(15)25-18/h3-10H,11H2,1-2H3. The molecule has 0 bridgehead atoms. The molecule has 0 saturated heterocycles. The smallest absolute Gasteiger partial charge is 0.235 e. The van der Waals surface area contributed by atoms with E-state index < -0.39 is 0 Å². The first kappa shape index (κ1) is 15.3. The first-order valence-electron chi connectivity index (χ1n) is 8.45. The van der Waals surface area contributed by atoms with Crippen LogP contribution in [0.25, 0.3) is 26.7 Å². The quantitative estimate of drug-likeness (QED) is 0.463. The van der Waals surface area contributed by atoms with Crippen molar-refractivity contribution in [2.24, 2.45) is 0 Å². The molecule has 0 atom stereocenters. The first-order valence-corrected chi connectivity index (χ1v) is 9.26. The molecule has 3 heterocycles. The maximum absolute atomic E-state index is 6.05. The van der Waals surface area contributed by atoms with Crippen LogP contribution in [0.15, 0.2) is 52.9 Å². The molecule has 0 aliphatic rings. The number of hydrogen-bond acceptors (Lipinski definition) is 5. The van der Waals surface area contributed by atoms with Gasteiger partial charge in [-0.2, -0.15) is 4.52 Å². The van der Waals surface area contributed by atoms with Crippen LogP contribution >= 0.6 is 11.3 Å². The van der Waals surface area contributed by atoms with Crippen molar-refractivity contribution in [1.82, 2.24) is 19.8 Å². The van der Waals surface area contributed by atoms with Crippen molar-refractivity contribution in [2.45, 2.75) is 20.3 Å². The summed E-state index contributed by atoms with van der Waals surface area (Å²) in [4.78, 5) is 0.781. The number of para-hydroxylation sites is 1. The number of benzene rings is 2. The Morgan fingerprint density at radius 1 is 1.00 bits per heavy atom. The van der Waals surface area contributed by atoms with Gasteiger partial charge in [-0.15, -0.1) is 15.3 Å². The predicted octanol–water partition coefficient (Wildman–Crippen LogP) is 4.81. The number of hydrogen-bond donors (Lipinski definition) is 0. The number of nitrogens with zero attached hydrogens (tertiary/aromatic N) is 4. The fraction of sp³-hybridized carbons (Fsp3) is 0.150. The Labute approximate surface area is 153 Å². The van der Waals surface area contributed by atoms with Crippen LogP contribution in [0.1, 0.15) is 22.5 Å². The number of furan rings is 1. The van der Waals surface area contributed by atoms with E-state index in [0.717, 1.165) is 38.1 Å². The zero-order valence-corrected chi connectivity index (χ0v) is 15.2. The lowest BCUT2D eigenvalue weighted by Crippen LogP contribution is -1.99. The van der Waals surface area contributed by atoms with E-state index in [1.54, 1.807) is 0 Å². The molecule has 5 rings (SSSR count). The number of aryl methyl sites for hydroxylation is 2. The average Bonchev–Trinajstić information content (AvgIpc) is 3.31. The van der Waals surface area contributed by atoms with E-state index in [9.17, 15) is 0 Å². The van der Waals surface area contributed by atoms with E-state index in [1.165, 1.54) is 22.5 Å². The molecule has 0 aliphatic heterocycles. The van der Waals surface area contributed by atoms with E-state index in [1.807, 2.05) is 34.8 Å². The van der Waals surface area contributed by atoms with Crippen molar-refractivity contribution < 1.29 is 4.42 Å². The Morgan fingerprint density at radius 3 is 2.65 bits per heavy atom. The van der Waals surface area contributed by atoms with E-state index in [4.69, 9.17) is 9.52 Å². The van der Waals surface area contributed by atoms with Gasteiger partial charge in [-0.05, 0) is 31.0 Å². The van der Waals surface area contributed by atoms with Gasteiger partial charge in [0.25, 0.3) is 0 Å². The molecule has 128 valence electrons. The van der Waals surface area contributed by atoms with Gasteiger partial charge in [-0.25, -0.2) is 0 Å². The van der Waals surface area contributed by atoms with Crippen molar-refractivity contribution in [2.75, 3.05) is 0 Å². The molecule has 0 N–H and O–H groups in total. The molecule has 0 unspecified atom stereocenters. The van der Waals surface area contributed by atoms with Gasteiger partial charge in [-0.3, -0.25) is 0 Å². The molecule has 3 aromatic heterocycles. The van der Waals surface area contributed by atoms with E-state index in [-0.39, 0.29) is 0 Å². The van der Waals surface area contributed by atoms with Crippen molar-refractivity contribution in [1.29, 1.82) is 0 Å². The normalized spacial score (nSPS) is 11.6. The van der Waals surface area contributed by atoms with Gasteiger partial charge in [0.05, 0.1) is 0 Å². The highest BCUT2D eigenvalue weighted by Crippen LogP contribution is 2.35. The summed E-state index contributed by atoms with van der Waals surface area (Å²) >= 11 is 1.50. The summed E-state index contributed by atoms with van der Waals surface area (Å²) < 4.78 is 7.88. The van der Waals surface area contributed by atoms with Crippen molar-refractivity contribution in [3.8, 4) is 10.8 Å². The Balaban J connectivity index is 1.59. The molecule has 5 nitrogen and oxygen atoms in total. The van der Waals surface area contributed by atoms with Gasteiger partial charge in [0.2, 0.25) is 4.96 Å². The predicted molar refractivity (Wildman–Crippen MR) is 103 cm³/mol. The fourth-order valence-corrected chi connectivity index (χ4v) is 4.11. The van der Waals surface area contributed by atoms with Crippen LogP contribution in [0.2, 0.25) is 0 Å². The molecule has 0 aliphatic carbocycles. The maximum atomic E-state index is 6.05. The van der Waals surface area contributed by atoms with Crippen molar-refractivity contribution in [3.05, 3.63) is 71.0 Å². The molecule has 0 spiro atoms. The Kier molecular flexibility index (Phi) is 3.39. The monoisotopic (exact) mass is 360 g/mol. The molecule has 5 aromatic rings. The second-order valence-corrected chi connectivity index (χ2v) is 7.33. The second-order valence-electron chi connectivity index (χ2n) is 6.37. The summed E-state index contributed by atoms with van der Waals surface area (Å²) in [6.45, 7) is 4.18. The van der Waals surface area contributed by atoms with Crippen LogP contribution < -0.4 is 0 Å². The van der Waals surface area contributed by atoms with Crippen LogP contribution in [0.5, 0.6) is 0 Å². The number of fused-ring (bicyclic) bond motifs is 2. The van der Waals surface area contributed by atoms with Gasteiger partial charge < -0.3 is 4.42 Å². The fourth-order valence-electron chi connectivity index (χ4n) is 3.22. The highest BCUT2D eigenvalue weighted by molar-refractivity contribution is 7.19. The minimum Gasteiger partial charge on any atom is -0.453 e. The molecule has 0 amide bonds. The summed E-state index contributed by atoms with van der Waals surface area (Å²) in [5, 5.41) is 15.3. The molecular weight excluding hydrogens is 344 g/mol. The molecule has 0 fully saturated rings. The number of aromatic nitrogens is 4. The second kappa shape index (κ2) is 5.78. The van der Waals surface area contributed by atoms with Crippen molar-refractivity contribution in [3.63, 3.8) is 0 Å². The summed E-state index contributed by atoms with van der Waals surface area (Å²) in [6, 6.07) is 16.4. The van der Waals surface area contributed by atoms with Gasteiger partial charge in [0.15, 0.2) is 16.6 Å². The van der Waals surface area contributed by atoms with Gasteiger partial charge in [-0.1, -0.05) is 53.8 Å². The Hall–Kier alpha value is -2.99. The van der Waals surface area contributed by atoms with Crippen LogP contribution in [0.3, 0.4) is 0 Å². The van der Waals surface area contributed by atoms with Crippen LogP contribution in [0, 0.1) is 13.8 Å². The summed E-state index contributed by atoms with van der Waals surface area (Å²) in [7, 11) is 0. The highest BCUT2D eigenvalue weighted by atomic mass is 32.1. The van der Waals surface area contributed by atoms with Crippen LogP contribution in [-0.2, 0) is 6.42 Å². The topological polar surface area (TPSA) is 56.2 Å². The minimum atomic E-state index is 0.704. The van der Waals surface area contributed by atoms with Gasteiger partial charge in [0.1, 0.15) is 5.58 Å². The van der Waals surface area contributed by atoms with E-state index in [2.05, 4.69) is 42.2 Å². The summed E-state index contributed by atoms with van der Waals surface area (Å²) in [6.07, 6.45) is 0.704. The van der Waals surface area contributed by atoms with E-state index >= 15 is 0 Å². The molecular formula is C20H16N4OS. The molecule has 0 radical (unpaired) electrons. The SMILES string of the molecule is Cc1ccccc1Cc1nnc2sc(-c3oc4ccccc4c3C)nn12. The molecule has 6 heteroatoms. The minimum absolute atomic E-state index is 0.704. The first-order chi connectivity index (χ1) is 12.7.